The predicted molar refractivity (Wildman–Crippen MR) is 79.0 cm³/mol. The number of benzene rings is 1. The van der Waals surface area contributed by atoms with Gasteiger partial charge in [0.25, 0.3) is 0 Å². The quantitative estimate of drug-likeness (QED) is 0.877. The first-order valence-corrected chi connectivity index (χ1v) is 6.98. The van der Waals surface area contributed by atoms with Gasteiger partial charge in [0, 0.05) is 28.8 Å². The molecule has 0 saturated heterocycles. The summed E-state index contributed by atoms with van der Waals surface area (Å²) >= 11 is 3.45. The van der Waals surface area contributed by atoms with E-state index in [0.29, 0.717) is 6.54 Å². The summed E-state index contributed by atoms with van der Waals surface area (Å²) in [4.78, 5) is 2.08. The third-order valence-electron chi connectivity index (χ3n) is 2.74. The van der Waals surface area contributed by atoms with E-state index >= 15 is 0 Å². The molecule has 4 heteroatoms. The van der Waals surface area contributed by atoms with Crippen molar-refractivity contribution >= 4 is 21.6 Å². The number of aliphatic hydroxyl groups is 2. The average molecular weight is 316 g/mol. The Morgan fingerprint density at radius 1 is 1.39 bits per heavy atom. The zero-order valence-corrected chi connectivity index (χ0v) is 13.0. The van der Waals surface area contributed by atoms with Crippen LogP contribution in [0.1, 0.15) is 39.4 Å². The van der Waals surface area contributed by atoms with E-state index in [1.807, 2.05) is 25.1 Å². The van der Waals surface area contributed by atoms with Crippen LogP contribution < -0.4 is 4.90 Å². The zero-order valence-electron chi connectivity index (χ0n) is 11.4. The molecule has 1 rings (SSSR count). The predicted octanol–water partition coefficient (Wildman–Crippen LogP) is 3.10. The van der Waals surface area contributed by atoms with Crippen molar-refractivity contribution < 1.29 is 10.2 Å². The molecule has 1 atom stereocenters. The van der Waals surface area contributed by atoms with Crippen molar-refractivity contribution in [3.63, 3.8) is 0 Å². The maximum absolute atomic E-state index is 9.96. The Kier molecular flexibility index (Phi) is 5.20. The van der Waals surface area contributed by atoms with Crippen LogP contribution in [-0.4, -0.2) is 28.9 Å². The first kappa shape index (κ1) is 15.5. The van der Waals surface area contributed by atoms with Crippen molar-refractivity contribution in [3.05, 3.63) is 28.2 Å². The fourth-order valence-electron chi connectivity index (χ4n) is 1.98. The molecule has 3 nitrogen and oxygen atoms in total. The van der Waals surface area contributed by atoms with Crippen LogP contribution in [0.2, 0.25) is 0 Å². The Morgan fingerprint density at radius 2 is 2.00 bits per heavy atom. The second-order valence-corrected chi connectivity index (χ2v) is 6.12. The van der Waals surface area contributed by atoms with Crippen LogP contribution in [0.5, 0.6) is 0 Å². The summed E-state index contributed by atoms with van der Waals surface area (Å²) in [7, 11) is 0. The molecule has 2 N–H and O–H groups in total. The number of hydrogen-bond acceptors (Lipinski definition) is 3. The molecule has 18 heavy (non-hydrogen) atoms. The topological polar surface area (TPSA) is 43.7 Å². The lowest BCUT2D eigenvalue weighted by Gasteiger charge is -2.32. The van der Waals surface area contributed by atoms with E-state index < -0.39 is 11.7 Å². The normalized spacial score (nSPS) is 13.5. The second kappa shape index (κ2) is 6.04. The molecule has 102 valence electrons. The zero-order chi connectivity index (χ0) is 13.9. The Hall–Kier alpha value is -0.580. The van der Waals surface area contributed by atoms with Gasteiger partial charge in [-0.3, -0.25) is 0 Å². The van der Waals surface area contributed by atoms with Crippen LogP contribution in [0.15, 0.2) is 22.7 Å². The maximum atomic E-state index is 9.96. The number of anilines is 1. The Labute approximate surface area is 118 Å². The van der Waals surface area contributed by atoms with Gasteiger partial charge in [-0.25, -0.2) is 0 Å². The minimum Gasteiger partial charge on any atom is -0.389 e. The third kappa shape index (κ3) is 4.26. The van der Waals surface area contributed by atoms with Crippen LogP contribution >= 0.6 is 15.9 Å². The molecule has 0 spiro atoms. The standard InChI is InChI=1S/C14H22BrNO2/c1-5-16(9-14(3,4)18)13-8-11(15)6-7-12(13)10(2)17/h6-8,10,17-18H,5,9H2,1-4H3. The molecule has 0 radical (unpaired) electrons. The molecule has 0 saturated carbocycles. The van der Waals surface area contributed by atoms with Gasteiger partial charge >= 0.3 is 0 Å². The van der Waals surface area contributed by atoms with Gasteiger partial charge < -0.3 is 15.1 Å². The fraction of sp³-hybridized carbons (Fsp3) is 0.571. The van der Waals surface area contributed by atoms with Crippen LogP contribution in [0.4, 0.5) is 5.69 Å². The molecule has 0 aromatic heterocycles. The minimum absolute atomic E-state index is 0.524. The second-order valence-electron chi connectivity index (χ2n) is 5.21. The van der Waals surface area contributed by atoms with E-state index in [2.05, 4.69) is 20.8 Å². The molecule has 0 aliphatic rings. The number of hydrogen-bond donors (Lipinski definition) is 2. The van der Waals surface area contributed by atoms with Gasteiger partial charge in [-0.15, -0.1) is 0 Å². The Morgan fingerprint density at radius 3 is 2.44 bits per heavy atom. The molecule has 1 aromatic carbocycles. The molecule has 0 bridgehead atoms. The summed E-state index contributed by atoms with van der Waals surface area (Å²) in [6.45, 7) is 8.67. The van der Waals surface area contributed by atoms with E-state index in [-0.39, 0.29) is 0 Å². The SMILES string of the molecule is CCN(CC(C)(C)O)c1cc(Br)ccc1C(C)O. The molecule has 0 heterocycles. The molecule has 1 aromatic rings. The van der Waals surface area contributed by atoms with Crippen LogP contribution in [0.3, 0.4) is 0 Å². The van der Waals surface area contributed by atoms with Crippen molar-refractivity contribution in [2.24, 2.45) is 0 Å². The third-order valence-corrected chi connectivity index (χ3v) is 3.24. The van der Waals surface area contributed by atoms with Gasteiger partial charge in [0.15, 0.2) is 0 Å². The maximum Gasteiger partial charge on any atom is 0.0782 e. The van der Waals surface area contributed by atoms with Gasteiger partial charge in [-0.1, -0.05) is 22.0 Å². The van der Waals surface area contributed by atoms with Gasteiger partial charge in [0.05, 0.1) is 11.7 Å². The highest BCUT2D eigenvalue weighted by Crippen LogP contribution is 2.30. The van der Waals surface area contributed by atoms with Crippen molar-refractivity contribution in [2.75, 3.05) is 18.0 Å². The van der Waals surface area contributed by atoms with Crippen LogP contribution in [0, 0.1) is 0 Å². The summed E-state index contributed by atoms with van der Waals surface area (Å²) < 4.78 is 0.969. The summed E-state index contributed by atoms with van der Waals surface area (Å²) in [5.74, 6) is 0. The highest BCUT2D eigenvalue weighted by atomic mass is 79.9. The first-order chi connectivity index (χ1) is 8.24. The van der Waals surface area contributed by atoms with Gasteiger partial charge in [0.2, 0.25) is 0 Å². The smallest absolute Gasteiger partial charge is 0.0782 e. The average Bonchev–Trinajstić information content (AvgIpc) is 2.24. The summed E-state index contributed by atoms with van der Waals surface area (Å²) in [5, 5.41) is 19.8. The van der Waals surface area contributed by atoms with Gasteiger partial charge in [0.1, 0.15) is 0 Å². The van der Waals surface area contributed by atoms with Crippen molar-refractivity contribution in [1.29, 1.82) is 0 Å². The van der Waals surface area contributed by atoms with E-state index in [0.717, 1.165) is 22.3 Å². The lowest BCUT2D eigenvalue weighted by Crippen LogP contribution is -2.39. The van der Waals surface area contributed by atoms with Crippen molar-refractivity contribution in [2.45, 2.75) is 39.4 Å². The monoisotopic (exact) mass is 315 g/mol. The summed E-state index contributed by atoms with van der Waals surface area (Å²) in [6, 6.07) is 5.82. The lowest BCUT2D eigenvalue weighted by molar-refractivity contribution is 0.0873. The largest absolute Gasteiger partial charge is 0.389 e. The van der Waals surface area contributed by atoms with Gasteiger partial charge in [-0.2, -0.15) is 0 Å². The fourth-order valence-corrected chi connectivity index (χ4v) is 2.33. The molecule has 0 amide bonds. The van der Waals surface area contributed by atoms with Crippen molar-refractivity contribution in [1.82, 2.24) is 0 Å². The van der Waals surface area contributed by atoms with Crippen LogP contribution in [0.25, 0.3) is 0 Å². The first-order valence-electron chi connectivity index (χ1n) is 6.19. The van der Waals surface area contributed by atoms with Crippen molar-refractivity contribution in [3.8, 4) is 0 Å². The molecule has 0 fully saturated rings. The minimum atomic E-state index is -0.770. The number of aliphatic hydroxyl groups excluding tert-OH is 1. The number of rotatable bonds is 5. The molecule has 0 aliphatic heterocycles. The molecule has 0 aliphatic carbocycles. The highest BCUT2D eigenvalue weighted by molar-refractivity contribution is 9.10. The molecular weight excluding hydrogens is 294 g/mol. The Bertz CT molecular complexity index is 399. The van der Waals surface area contributed by atoms with E-state index in [1.165, 1.54) is 0 Å². The van der Waals surface area contributed by atoms with Gasteiger partial charge in [-0.05, 0) is 39.8 Å². The Balaban J connectivity index is 3.15. The lowest BCUT2D eigenvalue weighted by atomic mass is 10.0. The van der Waals surface area contributed by atoms with E-state index in [1.54, 1.807) is 20.8 Å². The molecule has 1 unspecified atom stereocenters. The number of halogens is 1. The molecular formula is C14H22BrNO2. The van der Waals surface area contributed by atoms with Crippen LogP contribution in [-0.2, 0) is 0 Å². The summed E-state index contributed by atoms with van der Waals surface area (Å²) in [6.07, 6.45) is -0.524. The highest BCUT2D eigenvalue weighted by Gasteiger charge is 2.20. The summed E-state index contributed by atoms with van der Waals surface area (Å²) in [5.41, 5.74) is 1.07. The number of likely N-dealkylation sites (N-methyl/N-ethyl adjacent to an activating group) is 1. The number of nitrogens with zero attached hydrogens (tertiary/aromatic N) is 1. The van der Waals surface area contributed by atoms with E-state index in [9.17, 15) is 10.2 Å². The van der Waals surface area contributed by atoms with E-state index in [4.69, 9.17) is 0 Å².